The third kappa shape index (κ3) is 9.15. The van der Waals surface area contributed by atoms with E-state index >= 15 is 0 Å². The maximum Gasteiger partial charge on any atom is 0.123 e. The van der Waals surface area contributed by atoms with Crippen molar-refractivity contribution in [2.24, 2.45) is 0 Å². The molecule has 2 aromatic carbocycles. The number of unbranched alkanes of at least 4 members (excludes halogenated alkanes) is 3. The number of benzene rings is 2. The molecule has 0 saturated carbocycles. The van der Waals surface area contributed by atoms with Crippen LogP contribution in [0.4, 0.5) is 0 Å². The van der Waals surface area contributed by atoms with Gasteiger partial charge in [0.2, 0.25) is 0 Å². The molecule has 0 aliphatic rings. The minimum atomic E-state index is -0.0862. The molecule has 0 saturated heterocycles. The fourth-order valence-corrected chi connectivity index (χ4v) is 6.58. The number of aromatic hydroxyl groups is 2. The first kappa shape index (κ1) is 32.9. The lowest BCUT2D eigenvalue weighted by atomic mass is 9.79. The largest absolute Gasteiger partial charge is 0.507 e. The highest BCUT2D eigenvalue weighted by Crippen LogP contribution is 2.43. The van der Waals surface area contributed by atoms with Crippen LogP contribution in [-0.2, 0) is 21.7 Å². The Morgan fingerprint density at radius 2 is 0.684 bits per heavy atom. The van der Waals surface area contributed by atoms with Gasteiger partial charge in [-0.1, -0.05) is 95.9 Å². The molecule has 0 atom stereocenters. The van der Waals surface area contributed by atoms with Crippen molar-refractivity contribution in [3.8, 4) is 11.5 Å². The standard InChI is InChI=1S/C34H54O2S2/c1-31(2,3)25-19-23(20-26(29(25)35)32(4,5)6)37-17-15-13-14-16-18-38-24-21-27(33(7,8)9)30(36)28(22-24)34(10,11)12/h19-22,35-36H,13-18H2,1-12H3. The molecule has 2 N–H and O–H groups in total. The number of hydrogen-bond acceptors (Lipinski definition) is 4. The fourth-order valence-electron chi connectivity index (χ4n) is 4.61. The number of rotatable bonds is 9. The highest BCUT2D eigenvalue weighted by Gasteiger charge is 2.28. The summed E-state index contributed by atoms with van der Waals surface area (Å²) in [6.07, 6.45) is 4.88. The van der Waals surface area contributed by atoms with E-state index in [1.807, 2.05) is 23.5 Å². The van der Waals surface area contributed by atoms with Crippen molar-refractivity contribution in [1.82, 2.24) is 0 Å². The summed E-state index contributed by atoms with van der Waals surface area (Å²) in [5, 5.41) is 21.9. The lowest BCUT2D eigenvalue weighted by Gasteiger charge is -2.28. The number of hydrogen-bond donors (Lipinski definition) is 2. The van der Waals surface area contributed by atoms with Crippen LogP contribution in [0.1, 0.15) is 131 Å². The number of phenolic OH excluding ortho intramolecular Hbond substituents is 2. The molecule has 0 aliphatic carbocycles. The van der Waals surface area contributed by atoms with Gasteiger partial charge in [0.1, 0.15) is 11.5 Å². The lowest BCUT2D eigenvalue weighted by Crippen LogP contribution is -2.17. The molecule has 0 spiro atoms. The van der Waals surface area contributed by atoms with E-state index < -0.39 is 0 Å². The summed E-state index contributed by atoms with van der Waals surface area (Å²) in [5.74, 6) is 3.13. The Kier molecular flexibility index (Phi) is 10.8. The predicted molar refractivity (Wildman–Crippen MR) is 171 cm³/mol. The van der Waals surface area contributed by atoms with Gasteiger partial charge in [0.25, 0.3) is 0 Å². The molecule has 0 amide bonds. The van der Waals surface area contributed by atoms with Crippen LogP contribution in [0, 0.1) is 0 Å². The van der Waals surface area contributed by atoms with Gasteiger partial charge in [-0.05, 0) is 70.3 Å². The summed E-state index contributed by atoms with van der Waals surface area (Å²) in [6.45, 7) is 26.1. The quantitative estimate of drug-likeness (QED) is 0.237. The third-order valence-electron chi connectivity index (χ3n) is 6.98. The Balaban J connectivity index is 1.91. The second-order valence-corrected chi connectivity index (χ2v) is 17.2. The first-order chi connectivity index (χ1) is 17.2. The second-order valence-electron chi connectivity index (χ2n) is 14.8. The molecular weight excluding hydrogens is 505 g/mol. The van der Waals surface area contributed by atoms with Crippen LogP contribution >= 0.6 is 23.5 Å². The van der Waals surface area contributed by atoms with Gasteiger partial charge < -0.3 is 10.2 Å². The summed E-state index contributed by atoms with van der Waals surface area (Å²) in [5.41, 5.74) is 3.83. The average molecular weight is 559 g/mol. The zero-order valence-corrected chi connectivity index (χ0v) is 27.9. The molecule has 0 aromatic heterocycles. The molecule has 0 radical (unpaired) electrons. The molecule has 2 nitrogen and oxygen atoms in total. The van der Waals surface area contributed by atoms with E-state index in [4.69, 9.17) is 0 Å². The monoisotopic (exact) mass is 558 g/mol. The van der Waals surface area contributed by atoms with E-state index in [0.717, 1.165) is 33.8 Å². The van der Waals surface area contributed by atoms with Gasteiger partial charge in [0, 0.05) is 32.0 Å². The van der Waals surface area contributed by atoms with Gasteiger partial charge in [-0.15, -0.1) is 23.5 Å². The zero-order valence-electron chi connectivity index (χ0n) is 26.3. The number of thioether (sulfide) groups is 2. The minimum Gasteiger partial charge on any atom is -0.507 e. The van der Waals surface area contributed by atoms with Crippen LogP contribution in [0.25, 0.3) is 0 Å². The van der Waals surface area contributed by atoms with Crippen molar-refractivity contribution < 1.29 is 10.2 Å². The highest BCUT2D eigenvalue weighted by atomic mass is 32.2. The summed E-state index contributed by atoms with van der Waals surface area (Å²) in [4.78, 5) is 2.54. The van der Waals surface area contributed by atoms with Crippen LogP contribution in [0.2, 0.25) is 0 Å². The van der Waals surface area contributed by atoms with Crippen molar-refractivity contribution in [3.05, 3.63) is 46.5 Å². The van der Waals surface area contributed by atoms with Crippen LogP contribution in [0.15, 0.2) is 34.1 Å². The Hall–Kier alpha value is -1.26. The van der Waals surface area contributed by atoms with Crippen LogP contribution < -0.4 is 0 Å². The summed E-state index contributed by atoms with van der Waals surface area (Å²) in [6, 6.07) is 8.78. The van der Waals surface area contributed by atoms with Crippen molar-refractivity contribution in [3.63, 3.8) is 0 Å². The van der Waals surface area contributed by atoms with Crippen molar-refractivity contribution in [1.29, 1.82) is 0 Å². The van der Waals surface area contributed by atoms with Gasteiger partial charge in [0.05, 0.1) is 0 Å². The zero-order chi connectivity index (χ0) is 29.1. The smallest absolute Gasteiger partial charge is 0.123 e. The normalized spacial score (nSPS) is 13.3. The molecule has 0 bridgehead atoms. The fraction of sp³-hybridized carbons (Fsp3) is 0.647. The maximum atomic E-state index is 11.0. The topological polar surface area (TPSA) is 40.5 Å². The molecule has 4 heteroatoms. The predicted octanol–water partition coefficient (Wildman–Crippen LogP) is 10.7. The SMILES string of the molecule is CC(C)(C)c1cc(SCCCCCCSc2cc(C(C)(C)C)c(O)c(C(C)(C)C)c2)cc(C(C)(C)C)c1O. The first-order valence-electron chi connectivity index (χ1n) is 14.2. The van der Waals surface area contributed by atoms with Crippen molar-refractivity contribution >= 4 is 23.5 Å². The third-order valence-corrected chi connectivity index (χ3v) is 9.10. The number of phenols is 2. The van der Waals surface area contributed by atoms with Gasteiger partial charge in [-0.3, -0.25) is 0 Å². The summed E-state index contributed by atoms with van der Waals surface area (Å²) in [7, 11) is 0. The van der Waals surface area contributed by atoms with Crippen LogP contribution in [-0.4, -0.2) is 21.7 Å². The molecule has 0 aliphatic heterocycles. The highest BCUT2D eigenvalue weighted by molar-refractivity contribution is 7.99. The van der Waals surface area contributed by atoms with Gasteiger partial charge in [-0.25, -0.2) is 0 Å². The van der Waals surface area contributed by atoms with E-state index in [9.17, 15) is 10.2 Å². The molecule has 0 fully saturated rings. The Morgan fingerprint density at radius 3 is 0.895 bits per heavy atom. The van der Waals surface area contributed by atoms with Crippen molar-refractivity contribution in [2.75, 3.05) is 11.5 Å². The second kappa shape index (κ2) is 12.5. The van der Waals surface area contributed by atoms with E-state index in [0.29, 0.717) is 11.5 Å². The average Bonchev–Trinajstić information content (AvgIpc) is 2.74. The molecular formula is C34H54O2S2. The van der Waals surface area contributed by atoms with Crippen LogP contribution in [0.5, 0.6) is 11.5 Å². The lowest BCUT2D eigenvalue weighted by molar-refractivity contribution is 0.421. The van der Waals surface area contributed by atoms with Crippen LogP contribution in [0.3, 0.4) is 0 Å². The summed E-state index contributed by atoms with van der Waals surface area (Å²) >= 11 is 3.84. The van der Waals surface area contributed by atoms with E-state index in [-0.39, 0.29) is 21.7 Å². The maximum absolute atomic E-state index is 11.0. The molecule has 0 heterocycles. The van der Waals surface area contributed by atoms with Crippen molar-refractivity contribution in [2.45, 2.75) is 140 Å². The van der Waals surface area contributed by atoms with E-state index in [2.05, 4.69) is 107 Å². The van der Waals surface area contributed by atoms with E-state index in [1.54, 1.807) is 0 Å². The molecule has 2 rings (SSSR count). The molecule has 214 valence electrons. The molecule has 38 heavy (non-hydrogen) atoms. The van der Waals surface area contributed by atoms with Gasteiger partial charge in [0.15, 0.2) is 0 Å². The van der Waals surface area contributed by atoms with Gasteiger partial charge >= 0.3 is 0 Å². The molecule has 0 unspecified atom stereocenters. The Morgan fingerprint density at radius 1 is 0.447 bits per heavy atom. The summed E-state index contributed by atoms with van der Waals surface area (Å²) < 4.78 is 0. The van der Waals surface area contributed by atoms with Gasteiger partial charge in [-0.2, -0.15) is 0 Å². The Labute approximate surface area is 242 Å². The first-order valence-corrected chi connectivity index (χ1v) is 16.2. The van der Waals surface area contributed by atoms with E-state index in [1.165, 1.54) is 35.5 Å². The minimum absolute atomic E-state index is 0.0862. The Bertz CT molecular complexity index is 916. The molecule has 2 aromatic rings.